The van der Waals surface area contributed by atoms with E-state index in [9.17, 15) is 35.4 Å². The first kappa shape index (κ1) is 24.0. The van der Waals surface area contributed by atoms with Crippen LogP contribution < -0.4 is 0 Å². The zero-order valence-corrected chi connectivity index (χ0v) is 17.8. The molecule has 0 bridgehead atoms. The third-order valence-electron chi connectivity index (χ3n) is 6.47. The van der Waals surface area contributed by atoms with Crippen LogP contribution in [0.4, 0.5) is 0 Å². The second-order valence-corrected chi connectivity index (χ2v) is 8.44. The average Bonchev–Trinajstić information content (AvgIpc) is 2.80. The SMILES string of the molecule is COC1C(O[C@@H]2O[C@H](CO)[C@@H](O)[C@H](O)[C@H]2O)CC2OC=C(c3ccc(O)cc3)C(=O)C2C1O. The van der Waals surface area contributed by atoms with E-state index in [-0.39, 0.29) is 23.5 Å². The zero-order valence-electron chi connectivity index (χ0n) is 17.8. The van der Waals surface area contributed by atoms with Gasteiger partial charge in [-0.1, -0.05) is 12.1 Å². The molecule has 11 heteroatoms. The third kappa shape index (κ3) is 4.38. The minimum absolute atomic E-state index is 0.0479. The van der Waals surface area contributed by atoms with Gasteiger partial charge in [-0.3, -0.25) is 4.79 Å². The van der Waals surface area contributed by atoms with Gasteiger partial charge in [-0.15, -0.1) is 0 Å². The van der Waals surface area contributed by atoms with Crippen LogP contribution >= 0.6 is 0 Å². The molecular formula is C22H28O11. The number of allylic oxidation sites excluding steroid dienone is 1. The van der Waals surface area contributed by atoms with E-state index in [2.05, 4.69) is 0 Å². The van der Waals surface area contributed by atoms with Gasteiger partial charge >= 0.3 is 0 Å². The number of hydrogen-bond donors (Lipinski definition) is 6. The number of Topliss-reactive ketones (excluding diaryl/α,β-unsaturated/α-hetero) is 1. The molecule has 11 nitrogen and oxygen atoms in total. The summed E-state index contributed by atoms with van der Waals surface area (Å²) in [5.41, 5.74) is 0.774. The predicted molar refractivity (Wildman–Crippen MR) is 110 cm³/mol. The molecule has 1 aromatic carbocycles. The molecule has 10 atom stereocenters. The fourth-order valence-electron chi connectivity index (χ4n) is 4.64. The maximum absolute atomic E-state index is 13.2. The summed E-state index contributed by atoms with van der Waals surface area (Å²) in [6.45, 7) is -0.612. The van der Waals surface area contributed by atoms with Crippen molar-refractivity contribution in [3.05, 3.63) is 36.1 Å². The lowest BCUT2D eigenvalue weighted by molar-refractivity contribution is -0.326. The van der Waals surface area contributed by atoms with Crippen molar-refractivity contribution in [2.24, 2.45) is 5.92 Å². The number of fused-ring (bicyclic) bond motifs is 1. The van der Waals surface area contributed by atoms with Gasteiger partial charge in [0.05, 0.1) is 36.6 Å². The van der Waals surface area contributed by atoms with Crippen LogP contribution in [0.2, 0.25) is 0 Å². The maximum Gasteiger partial charge on any atom is 0.187 e. The van der Waals surface area contributed by atoms with Crippen molar-refractivity contribution in [1.82, 2.24) is 0 Å². The van der Waals surface area contributed by atoms with E-state index in [1.54, 1.807) is 12.1 Å². The number of ketones is 1. The van der Waals surface area contributed by atoms with E-state index >= 15 is 0 Å². The number of hydrogen-bond acceptors (Lipinski definition) is 11. The highest BCUT2D eigenvalue weighted by atomic mass is 16.7. The number of ether oxygens (including phenoxy) is 4. The van der Waals surface area contributed by atoms with Crippen molar-refractivity contribution in [2.45, 2.75) is 61.5 Å². The van der Waals surface area contributed by atoms with Gasteiger partial charge in [-0.25, -0.2) is 0 Å². The summed E-state index contributed by atoms with van der Waals surface area (Å²) in [6, 6.07) is 6.01. The number of methoxy groups -OCH3 is 1. The smallest absolute Gasteiger partial charge is 0.187 e. The Kier molecular flexibility index (Phi) is 7.03. The minimum atomic E-state index is -1.62. The number of carbonyl (C=O) groups is 1. The highest BCUT2D eigenvalue weighted by molar-refractivity contribution is 6.22. The van der Waals surface area contributed by atoms with Gasteiger partial charge in [0.15, 0.2) is 12.1 Å². The number of phenols is 1. The topological polar surface area (TPSA) is 175 Å². The van der Waals surface area contributed by atoms with Crippen LogP contribution in [-0.4, -0.2) is 105 Å². The molecule has 1 aromatic rings. The molecule has 0 amide bonds. The van der Waals surface area contributed by atoms with Gasteiger partial charge in [0.2, 0.25) is 0 Å². The van der Waals surface area contributed by atoms with E-state index < -0.39 is 67.6 Å². The quantitative estimate of drug-likeness (QED) is 0.290. The number of aliphatic hydroxyl groups is 5. The zero-order chi connectivity index (χ0) is 23.9. The maximum atomic E-state index is 13.2. The number of rotatable bonds is 5. The predicted octanol–water partition coefficient (Wildman–Crippen LogP) is -1.72. The Morgan fingerprint density at radius 3 is 2.36 bits per heavy atom. The van der Waals surface area contributed by atoms with Crippen LogP contribution in [0.15, 0.2) is 30.5 Å². The lowest BCUT2D eigenvalue weighted by atomic mass is 9.74. The third-order valence-corrected chi connectivity index (χ3v) is 6.47. The molecule has 1 saturated carbocycles. The Morgan fingerprint density at radius 1 is 1.03 bits per heavy atom. The minimum Gasteiger partial charge on any atom is -0.508 e. The number of aromatic hydroxyl groups is 1. The monoisotopic (exact) mass is 468 g/mol. The van der Waals surface area contributed by atoms with Crippen LogP contribution in [0.25, 0.3) is 5.57 Å². The number of benzene rings is 1. The summed E-state index contributed by atoms with van der Waals surface area (Å²) >= 11 is 0. The van der Waals surface area contributed by atoms with Gasteiger partial charge in [0.1, 0.15) is 42.4 Å². The van der Waals surface area contributed by atoms with E-state index in [0.717, 1.165) is 0 Å². The van der Waals surface area contributed by atoms with Gasteiger partial charge < -0.3 is 49.6 Å². The molecule has 0 spiro atoms. The normalized spacial score (nSPS) is 41.2. The van der Waals surface area contributed by atoms with Crippen molar-refractivity contribution in [1.29, 1.82) is 0 Å². The molecular weight excluding hydrogens is 440 g/mol. The molecule has 3 aliphatic rings. The fourth-order valence-corrected chi connectivity index (χ4v) is 4.64. The molecule has 2 heterocycles. The second kappa shape index (κ2) is 9.65. The molecule has 0 aromatic heterocycles. The lowest BCUT2D eigenvalue weighted by Crippen LogP contribution is -2.63. The molecule has 1 saturated heterocycles. The van der Waals surface area contributed by atoms with E-state index in [1.165, 1.54) is 25.5 Å². The molecule has 5 unspecified atom stereocenters. The largest absolute Gasteiger partial charge is 0.508 e. The van der Waals surface area contributed by atoms with E-state index in [1.807, 2.05) is 0 Å². The molecule has 6 N–H and O–H groups in total. The molecule has 2 fully saturated rings. The van der Waals surface area contributed by atoms with Crippen molar-refractivity contribution in [3.8, 4) is 5.75 Å². The first-order chi connectivity index (χ1) is 15.8. The average molecular weight is 468 g/mol. The van der Waals surface area contributed by atoms with Gasteiger partial charge in [0.25, 0.3) is 0 Å². The highest BCUT2D eigenvalue weighted by Crippen LogP contribution is 2.39. The standard InChI is InChI=1S/C22H28O11/c1-30-21-13(32-22-20(29)19(28)17(26)14(7-23)33-22)6-12-15(18(21)27)16(25)11(8-31-12)9-2-4-10(24)5-3-9/h2-5,8,12-15,17-24,26-29H,6-7H2,1H3/t12?,13?,14-,15?,17-,18?,19+,20-,21?,22-/m1/s1. The first-order valence-corrected chi connectivity index (χ1v) is 10.6. The second-order valence-electron chi connectivity index (χ2n) is 8.44. The van der Waals surface area contributed by atoms with Crippen LogP contribution in [-0.2, 0) is 23.7 Å². The summed E-state index contributed by atoms with van der Waals surface area (Å²) in [6.07, 6.45) is -9.92. The Labute approximate surface area is 189 Å². The van der Waals surface area contributed by atoms with Crippen LogP contribution in [0.5, 0.6) is 5.75 Å². The number of carbonyl (C=O) groups excluding carboxylic acids is 1. The van der Waals surface area contributed by atoms with Crippen molar-refractivity contribution < 1.29 is 54.4 Å². The van der Waals surface area contributed by atoms with Crippen molar-refractivity contribution in [2.75, 3.05) is 13.7 Å². The molecule has 0 radical (unpaired) electrons. The molecule has 1 aliphatic carbocycles. The Bertz CT molecular complexity index is 870. The number of phenolic OH excluding ortho intramolecular Hbond substituents is 1. The first-order valence-electron chi connectivity index (χ1n) is 10.6. The molecule has 182 valence electrons. The molecule has 4 rings (SSSR count). The van der Waals surface area contributed by atoms with E-state index in [0.29, 0.717) is 5.56 Å². The van der Waals surface area contributed by atoms with E-state index in [4.69, 9.17) is 18.9 Å². The molecule has 2 aliphatic heterocycles. The van der Waals surface area contributed by atoms with Crippen LogP contribution in [0.3, 0.4) is 0 Å². The van der Waals surface area contributed by atoms with Crippen molar-refractivity contribution in [3.63, 3.8) is 0 Å². The highest BCUT2D eigenvalue weighted by Gasteiger charge is 2.53. The summed E-state index contributed by atoms with van der Waals surface area (Å²) in [5, 5.41) is 60.1. The lowest BCUT2D eigenvalue weighted by Gasteiger charge is -2.47. The summed E-state index contributed by atoms with van der Waals surface area (Å²) < 4.78 is 22.4. The van der Waals surface area contributed by atoms with Gasteiger partial charge in [-0.2, -0.15) is 0 Å². The van der Waals surface area contributed by atoms with Crippen LogP contribution in [0, 0.1) is 5.92 Å². The summed E-state index contributed by atoms with van der Waals surface area (Å²) in [5.74, 6) is -1.25. The Balaban J connectivity index is 1.53. The fraction of sp³-hybridized carbons (Fsp3) is 0.591. The Hall–Kier alpha value is -2.09. The van der Waals surface area contributed by atoms with Crippen LogP contribution in [0.1, 0.15) is 12.0 Å². The van der Waals surface area contributed by atoms with Gasteiger partial charge in [-0.05, 0) is 17.7 Å². The van der Waals surface area contributed by atoms with Crippen molar-refractivity contribution >= 4 is 11.4 Å². The Morgan fingerprint density at radius 2 is 1.73 bits per heavy atom. The van der Waals surface area contributed by atoms with Gasteiger partial charge in [0, 0.05) is 13.5 Å². The number of aliphatic hydroxyl groups excluding tert-OH is 5. The molecule has 33 heavy (non-hydrogen) atoms. The summed E-state index contributed by atoms with van der Waals surface area (Å²) in [7, 11) is 1.34. The summed E-state index contributed by atoms with van der Waals surface area (Å²) in [4.78, 5) is 13.2.